The van der Waals surface area contributed by atoms with E-state index in [1.165, 1.54) is 0 Å². The lowest BCUT2D eigenvalue weighted by molar-refractivity contribution is 0.250. The van der Waals surface area contributed by atoms with Gasteiger partial charge >= 0.3 is 6.03 Å². The van der Waals surface area contributed by atoms with Crippen molar-refractivity contribution in [2.24, 2.45) is 13.0 Å². The minimum atomic E-state index is -0.237. The van der Waals surface area contributed by atoms with E-state index in [-0.39, 0.29) is 6.03 Å². The van der Waals surface area contributed by atoms with Gasteiger partial charge in [0.05, 0.1) is 13.4 Å². The van der Waals surface area contributed by atoms with Gasteiger partial charge in [0.2, 0.25) is 0 Å². The van der Waals surface area contributed by atoms with Crippen LogP contribution in [0.1, 0.15) is 6.42 Å². The molecule has 1 saturated heterocycles. The quantitative estimate of drug-likeness (QED) is 0.669. The molecule has 152 valence electrons. The number of urea groups is 1. The maximum Gasteiger partial charge on any atom is 0.320 e. The SMILES string of the molecule is COc1cccc(N2CC[C@@H](CNC(=O)Nc3cc(-c4ccco4)nn3C)C2)c1. The number of amides is 2. The van der Waals surface area contributed by atoms with Crippen LogP contribution < -0.4 is 20.3 Å². The third-order valence-electron chi connectivity index (χ3n) is 5.15. The van der Waals surface area contributed by atoms with Crippen molar-refractivity contribution in [1.29, 1.82) is 0 Å². The summed E-state index contributed by atoms with van der Waals surface area (Å²) in [5.74, 6) is 2.53. The maximum atomic E-state index is 12.3. The highest BCUT2D eigenvalue weighted by molar-refractivity contribution is 5.88. The van der Waals surface area contributed by atoms with Crippen LogP contribution in [0.15, 0.2) is 53.1 Å². The molecule has 1 aromatic carbocycles. The number of methoxy groups -OCH3 is 1. The number of carbonyl (C=O) groups is 1. The van der Waals surface area contributed by atoms with Crippen molar-refractivity contribution in [3.8, 4) is 17.2 Å². The summed E-state index contributed by atoms with van der Waals surface area (Å²) in [5.41, 5.74) is 1.83. The van der Waals surface area contributed by atoms with E-state index in [0.29, 0.717) is 29.7 Å². The number of ether oxygens (including phenoxy) is 1. The van der Waals surface area contributed by atoms with Gasteiger partial charge in [-0.25, -0.2) is 4.79 Å². The highest BCUT2D eigenvalue weighted by Gasteiger charge is 2.23. The molecule has 1 atom stereocenters. The van der Waals surface area contributed by atoms with Crippen LogP contribution in [0.4, 0.5) is 16.3 Å². The monoisotopic (exact) mass is 395 g/mol. The number of rotatable bonds is 6. The van der Waals surface area contributed by atoms with E-state index < -0.39 is 0 Å². The number of anilines is 2. The second-order valence-electron chi connectivity index (χ2n) is 7.15. The number of carbonyl (C=O) groups excluding carboxylic acids is 1. The molecular formula is C21H25N5O3. The number of nitrogens with zero attached hydrogens (tertiary/aromatic N) is 3. The molecular weight excluding hydrogens is 370 g/mol. The Morgan fingerprint density at radius 2 is 2.21 bits per heavy atom. The summed E-state index contributed by atoms with van der Waals surface area (Å²) < 4.78 is 12.3. The average molecular weight is 395 g/mol. The van der Waals surface area contributed by atoms with Crippen molar-refractivity contribution >= 4 is 17.5 Å². The lowest BCUT2D eigenvalue weighted by atomic mass is 10.1. The molecule has 0 aliphatic carbocycles. The van der Waals surface area contributed by atoms with Gasteiger partial charge in [-0.3, -0.25) is 10.00 Å². The second-order valence-corrected chi connectivity index (χ2v) is 7.15. The molecule has 8 heteroatoms. The topological polar surface area (TPSA) is 84.6 Å². The van der Waals surface area contributed by atoms with Crippen molar-refractivity contribution in [1.82, 2.24) is 15.1 Å². The molecule has 0 spiro atoms. The maximum absolute atomic E-state index is 12.3. The molecule has 4 rings (SSSR count). The zero-order valence-electron chi connectivity index (χ0n) is 16.6. The van der Waals surface area contributed by atoms with Gasteiger partial charge in [-0.15, -0.1) is 0 Å². The van der Waals surface area contributed by atoms with Crippen LogP contribution in [-0.2, 0) is 7.05 Å². The predicted octanol–water partition coefficient (Wildman–Crippen LogP) is 3.34. The first-order valence-electron chi connectivity index (χ1n) is 9.64. The highest BCUT2D eigenvalue weighted by Crippen LogP contribution is 2.26. The third kappa shape index (κ3) is 4.37. The summed E-state index contributed by atoms with van der Waals surface area (Å²) >= 11 is 0. The fourth-order valence-electron chi connectivity index (χ4n) is 3.57. The zero-order valence-corrected chi connectivity index (χ0v) is 16.6. The van der Waals surface area contributed by atoms with E-state index in [2.05, 4.69) is 26.7 Å². The Hall–Kier alpha value is -3.42. The normalized spacial score (nSPS) is 16.1. The molecule has 29 heavy (non-hydrogen) atoms. The molecule has 1 aliphatic heterocycles. The van der Waals surface area contributed by atoms with E-state index in [9.17, 15) is 4.79 Å². The number of benzene rings is 1. The van der Waals surface area contributed by atoms with Gasteiger partial charge < -0.3 is 19.4 Å². The third-order valence-corrected chi connectivity index (χ3v) is 5.15. The Morgan fingerprint density at radius 3 is 3.00 bits per heavy atom. The molecule has 1 aliphatic rings. The molecule has 3 heterocycles. The first-order valence-corrected chi connectivity index (χ1v) is 9.64. The van der Waals surface area contributed by atoms with Gasteiger partial charge in [0.1, 0.15) is 17.3 Å². The minimum absolute atomic E-state index is 0.237. The first-order chi connectivity index (χ1) is 14.1. The number of aryl methyl sites for hydroxylation is 1. The smallest absolute Gasteiger partial charge is 0.320 e. The Balaban J connectivity index is 1.28. The number of furan rings is 1. The van der Waals surface area contributed by atoms with Crippen molar-refractivity contribution in [2.75, 3.05) is 37.0 Å². The second kappa shape index (κ2) is 8.30. The fraction of sp³-hybridized carbons (Fsp3) is 0.333. The lowest BCUT2D eigenvalue weighted by Crippen LogP contribution is -2.34. The number of nitrogens with one attached hydrogen (secondary N) is 2. The van der Waals surface area contributed by atoms with Gasteiger partial charge in [0.25, 0.3) is 0 Å². The molecule has 0 saturated carbocycles. The van der Waals surface area contributed by atoms with E-state index >= 15 is 0 Å². The molecule has 2 amide bonds. The van der Waals surface area contributed by atoms with Gasteiger partial charge in [0, 0.05) is 44.5 Å². The van der Waals surface area contributed by atoms with Crippen molar-refractivity contribution in [3.05, 3.63) is 48.7 Å². The van der Waals surface area contributed by atoms with E-state index in [4.69, 9.17) is 9.15 Å². The summed E-state index contributed by atoms with van der Waals surface area (Å²) in [6.45, 7) is 2.49. The van der Waals surface area contributed by atoms with E-state index in [1.54, 1.807) is 37.2 Å². The Morgan fingerprint density at radius 1 is 1.31 bits per heavy atom. The number of hydrogen-bond acceptors (Lipinski definition) is 5. The molecule has 1 fully saturated rings. The lowest BCUT2D eigenvalue weighted by Gasteiger charge is -2.19. The van der Waals surface area contributed by atoms with Crippen molar-refractivity contribution < 1.29 is 13.9 Å². The zero-order chi connectivity index (χ0) is 20.2. The van der Waals surface area contributed by atoms with Crippen molar-refractivity contribution in [2.45, 2.75) is 6.42 Å². The summed E-state index contributed by atoms with van der Waals surface area (Å²) in [6.07, 6.45) is 2.63. The summed E-state index contributed by atoms with van der Waals surface area (Å²) in [7, 11) is 3.46. The molecule has 0 unspecified atom stereocenters. The molecule has 2 aromatic heterocycles. The number of aromatic nitrogens is 2. The highest BCUT2D eigenvalue weighted by atomic mass is 16.5. The molecule has 2 N–H and O–H groups in total. The Kier molecular flexibility index (Phi) is 5.41. The average Bonchev–Trinajstić information content (AvgIpc) is 3.48. The Labute approximate surface area is 169 Å². The van der Waals surface area contributed by atoms with Gasteiger partial charge in [-0.05, 0) is 36.6 Å². The van der Waals surface area contributed by atoms with Crippen LogP contribution in [0.3, 0.4) is 0 Å². The van der Waals surface area contributed by atoms with Crippen LogP contribution in [0.25, 0.3) is 11.5 Å². The van der Waals surface area contributed by atoms with Crippen molar-refractivity contribution in [3.63, 3.8) is 0 Å². The van der Waals surface area contributed by atoms with Gasteiger partial charge in [-0.1, -0.05) is 6.07 Å². The van der Waals surface area contributed by atoms with Crippen LogP contribution >= 0.6 is 0 Å². The first kappa shape index (κ1) is 18.9. The van der Waals surface area contributed by atoms with Gasteiger partial charge in [0.15, 0.2) is 5.76 Å². The summed E-state index contributed by atoms with van der Waals surface area (Å²) in [6, 6.07) is 13.3. The summed E-state index contributed by atoms with van der Waals surface area (Å²) in [5, 5.41) is 10.2. The van der Waals surface area contributed by atoms with E-state index in [0.717, 1.165) is 30.9 Å². The Bertz CT molecular complexity index is 967. The van der Waals surface area contributed by atoms with Crippen LogP contribution in [-0.4, -0.2) is 42.6 Å². The summed E-state index contributed by atoms with van der Waals surface area (Å²) in [4.78, 5) is 14.7. The standard InChI is InChI=1S/C21H25N5O3/c1-25-20(12-18(24-25)19-7-4-10-29-19)23-21(27)22-13-15-8-9-26(14-15)16-5-3-6-17(11-16)28-2/h3-7,10-12,15H,8-9,13-14H2,1-2H3,(H2,22,23,27)/t15-/m0/s1. The molecule has 0 bridgehead atoms. The molecule has 8 nitrogen and oxygen atoms in total. The minimum Gasteiger partial charge on any atom is -0.497 e. The predicted molar refractivity (Wildman–Crippen MR) is 111 cm³/mol. The van der Waals surface area contributed by atoms with Gasteiger partial charge in [-0.2, -0.15) is 5.10 Å². The van der Waals surface area contributed by atoms with E-state index in [1.807, 2.05) is 24.3 Å². The molecule has 3 aromatic rings. The van der Waals surface area contributed by atoms with Crippen LogP contribution in [0, 0.1) is 5.92 Å². The van der Waals surface area contributed by atoms with Crippen LogP contribution in [0.5, 0.6) is 5.75 Å². The molecule has 0 radical (unpaired) electrons. The fourth-order valence-corrected chi connectivity index (χ4v) is 3.57. The van der Waals surface area contributed by atoms with Crippen LogP contribution in [0.2, 0.25) is 0 Å². The number of hydrogen-bond donors (Lipinski definition) is 2. The largest absolute Gasteiger partial charge is 0.497 e.